The van der Waals surface area contributed by atoms with Crippen LogP contribution in [0.4, 0.5) is 0 Å². The Hall–Kier alpha value is -0.760. The summed E-state index contributed by atoms with van der Waals surface area (Å²) in [6.07, 6.45) is 3.91. The lowest BCUT2D eigenvalue weighted by Crippen LogP contribution is -2.48. The summed E-state index contributed by atoms with van der Waals surface area (Å²) in [7, 11) is 0. The van der Waals surface area contributed by atoms with E-state index in [-0.39, 0.29) is 24.0 Å². The predicted octanol–water partition coefficient (Wildman–Crippen LogP) is 3.75. The molecule has 2 unspecified atom stereocenters. The first-order chi connectivity index (χ1) is 11.2. The molecule has 1 aliphatic heterocycles. The molecule has 138 valence electrons. The van der Waals surface area contributed by atoms with Gasteiger partial charge in [0.25, 0.3) is 0 Å². The van der Waals surface area contributed by atoms with Gasteiger partial charge in [0, 0.05) is 32.8 Å². The van der Waals surface area contributed by atoms with Gasteiger partial charge < -0.3 is 19.4 Å². The summed E-state index contributed by atoms with van der Waals surface area (Å²) in [4.78, 5) is 7.18. The van der Waals surface area contributed by atoms with E-state index in [0.717, 1.165) is 56.2 Å². The number of rotatable bonds is 7. The number of furan rings is 1. The maximum atomic E-state index is 5.60. The van der Waals surface area contributed by atoms with Gasteiger partial charge in [-0.3, -0.25) is 4.99 Å². The van der Waals surface area contributed by atoms with Crippen molar-refractivity contribution in [3.05, 3.63) is 24.2 Å². The van der Waals surface area contributed by atoms with Crippen LogP contribution in [-0.4, -0.2) is 43.6 Å². The molecule has 0 aliphatic carbocycles. The third-order valence-electron chi connectivity index (χ3n) is 4.04. The van der Waals surface area contributed by atoms with E-state index in [4.69, 9.17) is 14.1 Å². The number of aliphatic imine (C=N–C) groups is 1. The second-order valence-corrected chi connectivity index (χ2v) is 6.57. The highest BCUT2D eigenvalue weighted by atomic mass is 127. The second-order valence-electron chi connectivity index (χ2n) is 6.57. The smallest absolute Gasteiger partial charge is 0.193 e. The average Bonchev–Trinajstić information content (AvgIpc) is 3.02. The Bertz CT molecular complexity index is 455. The molecule has 1 aromatic rings. The fourth-order valence-corrected chi connectivity index (χ4v) is 3.18. The van der Waals surface area contributed by atoms with E-state index < -0.39 is 0 Å². The molecule has 0 bridgehead atoms. The van der Waals surface area contributed by atoms with E-state index in [1.807, 2.05) is 12.1 Å². The minimum Gasteiger partial charge on any atom is -0.467 e. The fourth-order valence-electron chi connectivity index (χ4n) is 3.18. The number of ether oxygens (including phenoxy) is 1. The van der Waals surface area contributed by atoms with Gasteiger partial charge in [-0.2, -0.15) is 0 Å². The Morgan fingerprint density at radius 2 is 2.12 bits per heavy atom. The lowest BCUT2D eigenvalue weighted by Gasteiger charge is -2.37. The number of guanidine groups is 1. The van der Waals surface area contributed by atoms with Crippen molar-refractivity contribution >= 4 is 29.9 Å². The van der Waals surface area contributed by atoms with Crippen LogP contribution in [0, 0.1) is 11.8 Å². The maximum Gasteiger partial charge on any atom is 0.193 e. The SMILES string of the molecule is CCNC(=NCCCOCc1ccco1)N1CC(C)CC(C)C1.I. The van der Waals surface area contributed by atoms with Crippen molar-refractivity contribution in [1.29, 1.82) is 0 Å². The number of likely N-dealkylation sites (tertiary alicyclic amines) is 1. The van der Waals surface area contributed by atoms with Crippen molar-refractivity contribution < 1.29 is 9.15 Å². The zero-order valence-corrected chi connectivity index (χ0v) is 17.5. The standard InChI is InChI=1S/C18H31N3O2.HI/c1-4-19-18(21-12-15(2)11-16(3)13-21)20-8-6-9-22-14-17-7-5-10-23-17;/h5,7,10,15-16H,4,6,8-9,11-14H2,1-3H3,(H,19,20);1H. The first-order valence-electron chi connectivity index (χ1n) is 8.82. The van der Waals surface area contributed by atoms with E-state index >= 15 is 0 Å². The van der Waals surface area contributed by atoms with Crippen molar-refractivity contribution in [2.24, 2.45) is 16.8 Å². The minimum absolute atomic E-state index is 0. The molecule has 2 rings (SSSR count). The van der Waals surface area contributed by atoms with Gasteiger partial charge in [0.05, 0.1) is 6.26 Å². The zero-order valence-electron chi connectivity index (χ0n) is 15.2. The molecule has 1 saturated heterocycles. The molecular formula is C18H32IN3O2. The van der Waals surface area contributed by atoms with Crippen molar-refractivity contribution in [3.8, 4) is 0 Å². The van der Waals surface area contributed by atoms with Gasteiger partial charge in [-0.25, -0.2) is 0 Å². The molecule has 1 N–H and O–H groups in total. The molecular weight excluding hydrogens is 417 g/mol. The number of nitrogens with zero attached hydrogens (tertiary/aromatic N) is 2. The monoisotopic (exact) mass is 449 g/mol. The predicted molar refractivity (Wildman–Crippen MR) is 109 cm³/mol. The molecule has 0 aromatic carbocycles. The van der Waals surface area contributed by atoms with Gasteiger partial charge in [0.15, 0.2) is 5.96 Å². The first-order valence-corrected chi connectivity index (χ1v) is 8.82. The number of hydrogen-bond acceptors (Lipinski definition) is 3. The van der Waals surface area contributed by atoms with Gasteiger partial charge in [0.2, 0.25) is 0 Å². The Morgan fingerprint density at radius 1 is 1.38 bits per heavy atom. The quantitative estimate of drug-likeness (QED) is 0.298. The van der Waals surface area contributed by atoms with Crippen LogP contribution < -0.4 is 5.32 Å². The van der Waals surface area contributed by atoms with Crippen LogP contribution in [0.25, 0.3) is 0 Å². The molecule has 1 aliphatic rings. The van der Waals surface area contributed by atoms with Gasteiger partial charge in [-0.1, -0.05) is 13.8 Å². The molecule has 0 radical (unpaired) electrons. The molecule has 5 nitrogen and oxygen atoms in total. The topological polar surface area (TPSA) is 50.0 Å². The molecule has 0 amide bonds. The Labute approximate surface area is 163 Å². The van der Waals surface area contributed by atoms with Crippen molar-refractivity contribution in [1.82, 2.24) is 10.2 Å². The van der Waals surface area contributed by atoms with Crippen LogP contribution in [0.3, 0.4) is 0 Å². The third kappa shape index (κ3) is 7.42. The van der Waals surface area contributed by atoms with E-state index in [2.05, 4.69) is 31.0 Å². The Balaban J connectivity index is 0.00000288. The highest BCUT2D eigenvalue weighted by Crippen LogP contribution is 2.20. The molecule has 6 heteroatoms. The van der Waals surface area contributed by atoms with E-state index in [1.165, 1.54) is 6.42 Å². The number of piperidine rings is 1. The average molecular weight is 449 g/mol. The molecule has 1 fully saturated rings. The van der Waals surface area contributed by atoms with Crippen LogP contribution in [0.1, 0.15) is 39.4 Å². The van der Waals surface area contributed by atoms with Crippen molar-refractivity contribution in [2.45, 2.75) is 40.2 Å². The summed E-state index contributed by atoms with van der Waals surface area (Å²) in [5.41, 5.74) is 0. The van der Waals surface area contributed by atoms with E-state index in [9.17, 15) is 0 Å². The van der Waals surface area contributed by atoms with E-state index in [1.54, 1.807) is 6.26 Å². The molecule has 1 aromatic heterocycles. The van der Waals surface area contributed by atoms with Gasteiger partial charge in [-0.05, 0) is 43.7 Å². The summed E-state index contributed by atoms with van der Waals surface area (Å²) < 4.78 is 10.8. The fraction of sp³-hybridized carbons (Fsp3) is 0.722. The summed E-state index contributed by atoms with van der Waals surface area (Å²) in [5.74, 6) is 3.40. The lowest BCUT2D eigenvalue weighted by atomic mass is 9.92. The summed E-state index contributed by atoms with van der Waals surface area (Å²) in [6, 6.07) is 3.81. The normalized spacial score (nSPS) is 21.5. The largest absolute Gasteiger partial charge is 0.467 e. The second kappa shape index (κ2) is 11.7. The van der Waals surface area contributed by atoms with Crippen LogP contribution in [-0.2, 0) is 11.3 Å². The summed E-state index contributed by atoms with van der Waals surface area (Å²) >= 11 is 0. The van der Waals surface area contributed by atoms with E-state index in [0.29, 0.717) is 13.2 Å². The van der Waals surface area contributed by atoms with Crippen LogP contribution in [0.15, 0.2) is 27.8 Å². The Morgan fingerprint density at radius 3 is 2.75 bits per heavy atom. The van der Waals surface area contributed by atoms with Gasteiger partial charge >= 0.3 is 0 Å². The van der Waals surface area contributed by atoms with Crippen LogP contribution in [0.2, 0.25) is 0 Å². The molecule has 2 heterocycles. The number of hydrogen-bond donors (Lipinski definition) is 1. The van der Waals surface area contributed by atoms with Crippen molar-refractivity contribution in [2.75, 3.05) is 32.8 Å². The molecule has 0 spiro atoms. The summed E-state index contributed by atoms with van der Waals surface area (Å²) in [6.45, 7) is 11.9. The minimum atomic E-state index is 0. The number of nitrogens with one attached hydrogen (secondary N) is 1. The highest BCUT2D eigenvalue weighted by molar-refractivity contribution is 14.0. The molecule has 2 atom stereocenters. The molecule has 24 heavy (non-hydrogen) atoms. The highest BCUT2D eigenvalue weighted by Gasteiger charge is 2.23. The van der Waals surface area contributed by atoms with Crippen LogP contribution >= 0.6 is 24.0 Å². The van der Waals surface area contributed by atoms with Crippen molar-refractivity contribution in [3.63, 3.8) is 0 Å². The van der Waals surface area contributed by atoms with Gasteiger partial charge in [0.1, 0.15) is 12.4 Å². The zero-order chi connectivity index (χ0) is 16.5. The Kier molecular flexibility index (Phi) is 10.4. The lowest BCUT2D eigenvalue weighted by molar-refractivity contribution is 0.105. The third-order valence-corrected chi connectivity index (χ3v) is 4.04. The number of halogens is 1. The van der Waals surface area contributed by atoms with Crippen LogP contribution in [0.5, 0.6) is 0 Å². The first kappa shape index (κ1) is 21.3. The maximum absolute atomic E-state index is 5.60. The molecule has 0 saturated carbocycles. The summed E-state index contributed by atoms with van der Waals surface area (Å²) in [5, 5.41) is 3.43. The van der Waals surface area contributed by atoms with Gasteiger partial charge in [-0.15, -0.1) is 24.0 Å².